The first kappa shape index (κ1) is 53.2. The average molecular weight is 854 g/mol. The van der Waals surface area contributed by atoms with Gasteiger partial charge in [0, 0.05) is 22.3 Å². The molecule has 0 saturated carbocycles. The van der Waals surface area contributed by atoms with Crippen LogP contribution < -0.4 is 0 Å². The summed E-state index contributed by atoms with van der Waals surface area (Å²) in [6.07, 6.45) is 40.4. The van der Waals surface area contributed by atoms with Crippen LogP contribution in [0.4, 0.5) is 0 Å². The Labute approximate surface area is 374 Å². The van der Waals surface area contributed by atoms with Crippen LogP contribution in [0.5, 0.6) is 0 Å². The van der Waals surface area contributed by atoms with Crippen molar-refractivity contribution in [1.82, 2.24) is 0 Å². The summed E-state index contributed by atoms with van der Waals surface area (Å²) in [7, 11) is 0. The van der Waals surface area contributed by atoms with Gasteiger partial charge in [0.25, 0.3) is 0 Å². The molecule has 0 spiro atoms. The molecule has 1 aliphatic rings. The molecule has 0 bridgehead atoms. The molecule has 0 atom stereocenters. The molecule has 3 heteroatoms. The molecule has 0 amide bonds. The van der Waals surface area contributed by atoms with Crippen LogP contribution in [0.1, 0.15) is 255 Å². The zero-order chi connectivity index (χ0) is 42.9. The minimum absolute atomic E-state index is 0.940. The van der Waals surface area contributed by atoms with Crippen LogP contribution in [0.15, 0.2) is 47.5 Å². The van der Waals surface area contributed by atoms with Crippen LogP contribution >= 0.6 is 0 Å². The van der Waals surface area contributed by atoms with Gasteiger partial charge in [-0.25, -0.2) is 4.70 Å². The molecule has 0 aliphatic carbocycles. The fourth-order valence-electron chi connectivity index (χ4n) is 9.09. The van der Waals surface area contributed by atoms with E-state index in [0.717, 1.165) is 49.9 Å². The Morgan fingerprint density at radius 3 is 0.915 bits per heavy atom. The van der Waals surface area contributed by atoms with Crippen LogP contribution in [-0.4, -0.2) is 4.70 Å². The summed E-state index contributed by atoms with van der Waals surface area (Å²) in [5, 5.41) is 0. The Hall–Kier alpha value is -1.99. The monoisotopic (exact) mass is 853 g/mol. The van der Waals surface area contributed by atoms with Crippen molar-refractivity contribution in [2.45, 2.75) is 259 Å². The SMILES string of the molecule is CCCCCCCCC1=C(c2cc(CCCCCC)cc(CCCCCCCC)c2)[N+](=[N-])C(c2cc(CCCCCC)cc(CCCCCCCC)c2)=C1CC.[CH3][Ni][CH3]. The van der Waals surface area contributed by atoms with Gasteiger partial charge in [-0.1, -0.05) is 189 Å². The maximum absolute atomic E-state index is 12.7. The summed E-state index contributed by atoms with van der Waals surface area (Å²) >= 11 is 1.62. The zero-order valence-corrected chi connectivity index (χ0v) is 41.3. The van der Waals surface area contributed by atoms with E-state index in [1.54, 1.807) is 19.1 Å². The zero-order valence-electron chi connectivity index (χ0n) is 40.3. The van der Waals surface area contributed by atoms with Gasteiger partial charge in [-0.2, -0.15) is 0 Å². The second kappa shape index (κ2) is 34.6. The third kappa shape index (κ3) is 21.1. The fourth-order valence-corrected chi connectivity index (χ4v) is 9.09. The van der Waals surface area contributed by atoms with Crippen LogP contribution in [0.25, 0.3) is 16.9 Å². The quantitative estimate of drug-likeness (QED) is 0.0381. The van der Waals surface area contributed by atoms with E-state index >= 15 is 0 Å². The predicted octanol–water partition coefficient (Wildman–Crippen LogP) is 19.2. The summed E-state index contributed by atoms with van der Waals surface area (Å²) in [6.45, 7) is 13.9. The number of benzene rings is 2. The minimum atomic E-state index is 0.940. The van der Waals surface area contributed by atoms with Gasteiger partial charge in [0.15, 0.2) is 0 Å². The molecule has 2 aromatic carbocycles. The summed E-state index contributed by atoms with van der Waals surface area (Å²) in [5.41, 5.74) is 25.9. The molecular weight excluding hydrogens is 759 g/mol. The van der Waals surface area contributed by atoms with E-state index in [-0.39, 0.29) is 0 Å². The summed E-state index contributed by atoms with van der Waals surface area (Å²) < 4.78 is 1.68. The van der Waals surface area contributed by atoms with Crippen molar-refractivity contribution in [3.05, 3.63) is 86.5 Å². The van der Waals surface area contributed by atoms with Crippen molar-refractivity contribution >= 4 is 11.4 Å². The molecule has 0 fully saturated rings. The molecule has 0 unspecified atom stereocenters. The maximum atomic E-state index is 12.7. The van der Waals surface area contributed by atoms with Gasteiger partial charge in [-0.15, -0.1) is 0 Å². The molecule has 0 radical (unpaired) electrons. The number of nitrogens with zero attached hydrogens (tertiary/aromatic N) is 2. The van der Waals surface area contributed by atoms with E-state index < -0.39 is 0 Å². The number of hydrogen-bond donors (Lipinski definition) is 0. The Morgan fingerprint density at radius 1 is 0.356 bits per heavy atom. The van der Waals surface area contributed by atoms with Crippen molar-refractivity contribution in [3.63, 3.8) is 0 Å². The number of rotatable bonds is 34. The molecule has 0 N–H and O–H groups in total. The third-order valence-electron chi connectivity index (χ3n) is 12.4. The van der Waals surface area contributed by atoms with E-state index in [1.165, 1.54) is 211 Å². The van der Waals surface area contributed by atoms with Gasteiger partial charge in [-0.3, -0.25) is 0 Å². The topological polar surface area (TPSA) is 25.3 Å². The van der Waals surface area contributed by atoms with Crippen molar-refractivity contribution in [2.75, 3.05) is 0 Å². The predicted molar refractivity (Wildman–Crippen MR) is 260 cm³/mol. The first-order valence-electron chi connectivity index (χ1n) is 25.4. The molecule has 59 heavy (non-hydrogen) atoms. The molecule has 0 aromatic heterocycles. The summed E-state index contributed by atoms with van der Waals surface area (Å²) in [4.78, 5) is 0. The molecule has 1 aliphatic heterocycles. The average Bonchev–Trinajstić information content (AvgIpc) is 3.52. The number of allylic oxidation sites excluding steroid dienone is 2. The molecule has 3 rings (SSSR count). The van der Waals surface area contributed by atoms with Crippen LogP contribution in [0, 0.1) is 0 Å². The Morgan fingerprint density at radius 2 is 0.610 bits per heavy atom. The normalized spacial score (nSPS) is 12.9. The first-order valence-corrected chi connectivity index (χ1v) is 27.3. The van der Waals surface area contributed by atoms with Crippen LogP contribution in [0.3, 0.4) is 0 Å². The number of unbranched alkanes of at least 4 members (excludes halogenated alkanes) is 21. The molecule has 2 nitrogen and oxygen atoms in total. The summed E-state index contributed by atoms with van der Waals surface area (Å²) in [6, 6.07) is 14.8. The van der Waals surface area contributed by atoms with Gasteiger partial charge < -0.3 is 5.53 Å². The van der Waals surface area contributed by atoms with Crippen molar-refractivity contribution in [2.24, 2.45) is 0 Å². The Bertz CT molecular complexity index is 1460. The third-order valence-corrected chi connectivity index (χ3v) is 12.4. The molecule has 338 valence electrons. The summed E-state index contributed by atoms with van der Waals surface area (Å²) in [5.74, 6) is 4.12. The standard InChI is InChI=1S/C54H88N2.2CH3.Ni/c1-7-13-18-23-26-31-36-47-39-45(34-29-21-16-10-4)41-49(42-47)53-51(12-6)52(38-33-28-25-20-15-9-3)54(56(53)55)50-43-46(35-30-22-17-11-5)40-48(44-50)37-32-27-24-19-14-8-2;;;/h39-44H,7-38H2,1-6H3;2*1H3;. The Balaban J connectivity index is 0.00000387. The van der Waals surface area contributed by atoms with E-state index in [9.17, 15) is 5.53 Å². The van der Waals surface area contributed by atoms with Gasteiger partial charge in [0.05, 0.1) is 0 Å². The molecule has 1 heterocycles. The van der Waals surface area contributed by atoms with Crippen molar-refractivity contribution in [3.8, 4) is 0 Å². The van der Waals surface area contributed by atoms with E-state index in [4.69, 9.17) is 0 Å². The van der Waals surface area contributed by atoms with Gasteiger partial charge in [-0.05, 0) is 117 Å². The second-order valence-corrected chi connectivity index (χ2v) is 18.9. The van der Waals surface area contributed by atoms with E-state index in [2.05, 4.69) is 89.7 Å². The van der Waals surface area contributed by atoms with E-state index in [0.29, 0.717) is 0 Å². The van der Waals surface area contributed by atoms with Crippen LogP contribution in [-0.2, 0) is 40.1 Å². The number of hydrogen-bond acceptors (Lipinski definition) is 0. The van der Waals surface area contributed by atoms with Crippen LogP contribution in [0.2, 0.25) is 11.8 Å². The van der Waals surface area contributed by atoms with Gasteiger partial charge in [0.2, 0.25) is 11.4 Å². The Kier molecular flexibility index (Phi) is 31.2. The van der Waals surface area contributed by atoms with E-state index in [1.807, 2.05) is 0 Å². The van der Waals surface area contributed by atoms with Gasteiger partial charge >= 0.3 is 26.2 Å². The van der Waals surface area contributed by atoms with Gasteiger partial charge in [0.1, 0.15) is 0 Å². The molecule has 2 aromatic rings. The number of aryl methyl sites for hydroxylation is 4. The molecular formula is C56H94N2Ni. The molecule has 0 saturated heterocycles. The van der Waals surface area contributed by atoms with Crippen molar-refractivity contribution < 1.29 is 19.1 Å². The van der Waals surface area contributed by atoms with Crippen molar-refractivity contribution in [1.29, 1.82) is 0 Å². The first-order chi connectivity index (χ1) is 28.9. The fraction of sp³-hybridized carbons (Fsp3) is 0.714. The second-order valence-electron chi connectivity index (χ2n) is 17.9.